The van der Waals surface area contributed by atoms with Gasteiger partial charge >= 0.3 is 0 Å². The Bertz CT molecular complexity index is 517. The second-order valence-corrected chi connectivity index (χ2v) is 5.32. The minimum absolute atomic E-state index is 0.700. The number of benzene rings is 1. The monoisotopic (exact) mass is 277 g/mol. The van der Waals surface area contributed by atoms with Crippen LogP contribution in [0.5, 0.6) is 5.75 Å². The van der Waals surface area contributed by atoms with Crippen molar-refractivity contribution in [2.45, 2.75) is 32.3 Å². The Kier molecular flexibility index (Phi) is 4.91. The molecular formula is C15H19NO2S. The molecule has 0 aliphatic heterocycles. The maximum atomic E-state index is 5.63. The molecule has 0 aliphatic carbocycles. The molecule has 0 amide bonds. The van der Waals surface area contributed by atoms with Crippen molar-refractivity contribution in [3.05, 3.63) is 46.8 Å². The van der Waals surface area contributed by atoms with Crippen LogP contribution in [0.2, 0.25) is 0 Å². The minimum Gasteiger partial charge on any atom is -0.494 e. The van der Waals surface area contributed by atoms with Gasteiger partial charge in [0, 0.05) is 22.6 Å². The van der Waals surface area contributed by atoms with Gasteiger partial charge in [-0.3, -0.25) is 0 Å². The molecule has 1 aromatic carbocycles. The van der Waals surface area contributed by atoms with Crippen LogP contribution in [0, 0.1) is 13.8 Å². The molecule has 0 saturated carbocycles. The predicted molar refractivity (Wildman–Crippen MR) is 78.6 cm³/mol. The van der Waals surface area contributed by atoms with E-state index in [0.717, 1.165) is 28.7 Å². The first-order valence-corrected chi connectivity index (χ1v) is 7.58. The first kappa shape index (κ1) is 14.0. The molecule has 0 spiro atoms. The van der Waals surface area contributed by atoms with Crippen molar-refractivity contribution >= 4 is 11.8 Å². The van der Waals surface area contributed by atoms with Gasteiger partial charge < -0.3 is 9.26 Å². The van der Waals surface area contributed by atoms with E-state index in [0.29, 0.717) is 6.61 Å². The topological polar surface area (TPSA) is 35.3 Å². The van der Waals surface area contributed by atoms with Gasteiger partial charge in [0.05, 0.1) is 12.3 Å². The molecule has 102 valence electrons. The van der Waals surface area contributed by atoms with Gasteiger partial charge in [-0.05, 0) is 26.8 Å². The van der Waals surface area contributed by atoms with Gasteiger partial charge in [-0.15, -0.1) is 0 Å². The van der Waals surface area contributed by atoms with Crippen LogP contribution in [-0.4, -0.2) is 11.8 Å². The summed E-state index contributed by atoms with van der Waals surface area (Å²) in [6.07, 6.45) is 0. The average molecular weight is 277 g/mol. The van der Waals surface area contributed by atoms with Crippen molar-refractivity contribution < 1.29 is 9.26 Å². The molecule has 1 aromatic heterocycles. The van der Waals surface area contributed by atoms with Crippen molar-refractivity contribution in [2.24, 2.45) is 0 Å². The molecule has 2 aromatic rings. The van der Waals surface area contributed by atoms with Crippen molar-refractivity contribution in [2.75, 3.05) is 6.61 Å². The van der Waals surface area contributed by atoms with Crippen LogP contribution >= 0.6 is 11.8 Å². The molecule has 0 unspecified atom stereocenters. The van der Waals surface area contributed by atoms with Gasteiger partial charge in [-0.1, -0.05) is 23.4 Å². The van der Waals surface area contributed by atoms with Crippen molar-refractivity contribution in [1.82, 2.24) is 5.16 Å². The second-order valence-electron chi connectivity index (χ2n) is 4.34. The maximum Gasteiger partial charge on any atom is 0.137 e. The zero-order valence-corrected chi connectivity index (χ0v) is 12.4. The van der Waals surface area contributed by atoms with Gasteiger partial charge in [0.25, 0.3) is 0 Å². The molecule has 0 fully saturated rings. The van der Waals surface area contributed by atoms with E-state index in [-0.39, 0.29) is 0 Å². The van der Waals surface area contributed by atoms with Crippen LogP contribution < -0.4 is 4.74 Å². The highest BCUT2D eigenvalue weighted by atomic mass is 32.2. The van der Waals surface area contributed by atoms with E-state index in [2.05, 4.69) is 11.2 Å². The Hall–Kier alpha value is -1.42. The Labute approximate surface area is 118 Å². The van der Waals surface area contributed by atoms with Crippen molar-refractivity contribution in [3.63, 3.8) is 0 Å². The van der Waals surface area contributed by atoms with Crippen molar-refractivity contribution in [3.8, 4) is 5.75 Å². The fraction of sp³-hybridized carbons (Fsp3) is 0.400. The maximum absolute atomic E-state index is 5.63. The number of para-hydroxylation sites is 1. The van der Waals surface area contributed by atoms with E-state index in [1.807, 2.05) is 50.7 Å². The lowest BCUT2D eigenvalue weighted by atomic mass is 10.2. The number of nitrogens with zero attached hydrogens (tertiary/aromatic N) is 1. The highest BCUT2D eigenvalue weighted by molar-refractivity contribution is 7.97. The van der Waals surface area contributed by atoms with Gasteiger partial charge in [-0.25, -0.2) is 0 Å². The van der Waals surface area contributed by atoms with E-state index >= 15 is 0 Å². The quantitative estimate of drug-likeness (QED) is 0.795. The van der Waals surface area contributed by atoms with Crippen LogP contribution in [-0.2, 0) is 11.5 Å². The smallest absolute Gasteiger partial charge is 0.137 e. The largest absolute Gasteiger partial charge is 0.494 e. The summed E-state index contributed by atoms with van der Waals surface area (Å²) in [7, 11) is 0. The fourth-order valence-electron chi connectivity index (χ4n) is 1.89. The molecule has 0 bridgehead atoms. The normalized spacial score (nSPS) is 10.7. The summed E-state index contributed by atoms with van der Waals surface area (Å²) in [4.78, 5) is 0. The molecule has 0 atom stereocenters. The third kappa shape index (κ3) is 3.53. The number of hydrogen-bond donors (Lipinski definition) is 0. The SMILES string of the molecule is CCOc1ccccc1CSCc1c(C)noc1C. The first-order valence-electron chi connectivity index (χ1n) is 6.42. The number of hydrogen-bond acceptors (Lipinski definition) is 4. The second kappa shape index (κ2) is 6.66. The molecular weight excluding hydrogens is 258 g/mol. The van der Waals surface area contributed by atoms with Crippen LogP contribution in [0.25, 0.3) is 0 Å². The molecule has 1 heterocycles. The number of aryl methyl sites for hydroxylation is 2. The molecule has 4 heteroatoms. The van der Waals surface area contributed by atoms with E-state index in [1.165, 1.54) is 11.1 Å². The molecule has 2 rings (SSSR count). The highest BCUT2D eigenvalue weighted by Crippen LogP contribution is 2.27. The number of rotatable bonds is 6. The van der Waals surface area contributed by atoms with E-state index in [1.54, 1.807) is 0 Å². The van der Waals surface area contributed by atoms with E-state index in [4.69, 9.17) is 9.26 Å². The molecule has 0 radical (unpaired) electrons. The van der Waals surface area contributed by atoms with Crippen molar-refractivity contribution in [1.29, 1.82) is 0 Å². The number of ether oxygens (including phenoxy) is 1. The summed E-state index contributed by atoms with van der Waals surface area (Å²) >= 11 is 1.85. The Balaban J connectivity index is 1.96. The van der Waals surface area contributed by atoms with Crippen LogP contribution in [0.3, 0.4) is 0 Å². The standard InChI is InChI=1S/C15H19NO2S/c1-4-17-15-8-6-5-7-13(15)9-19-10-14-11(2)16-18-12(14)3/h5-8H,4,9-10H2,1-3H3. The Morgan fingerprint density at radius 1 is 1.21 bits per heavy atom. The van der Waals surface area contributed by atoms with Gasteiger partial charge in [0.1, 0.15) is 11.5 Å². The number of aromatic nitrogens is 1. The lowest BCUT2D eigenvalue weighted by Crippen LogP contribution is -1.95. The Morgan fingerprint density at radius 3 is 2.68 bits per heavy atom. The summed E-state index contributed by atoms with van der Waals surface area (Å²) in [5.41, 5.74) is 3.43. The van der Waals surface area contributed by atoms with Gasteiger partial charge in [0.2, 0.25) is 0 Å². The average Bonchev–Trinajstić information content (AvgIpc) is 2.72. The summed E-state index contributed by atoms with van der Waals surface area (Å²) in [6.45, 7) is 6.66. The molecule has 0 saturated heterocycles. The van der Waals surface area contributed by atoms with Crippen LogP contribution in [0.1, 0.15) is 29.5 Å². The van der Waals surface area contributed by atoms with E-state index < -0.39 is 0 Å². The predicted octanol–water partition coefficient (Wildman–Crippen LogP) is 4.12. The fourth-order valence-corrected chi connectivity index (χ4v) is 3.07. The summed E-state index contributed by atoms with van der Waals surface area (Å²) < 4.78 is 10.8. The zero-order valence-electron chi connectivity index (χ0n) is 11.6. The summed E-state index contributed by atoms with van der Waals surface area (Å²) in [5.74, 6) is 3.75. The van der Waals surface area contributed by atoms with Crippen LogP contribution in [0.4, 0.5) is 0 Å². The lowest BCUT2D eigenvalue weighted by Gasteiger charge is -2.09. The molecule has 19 heavy (non-hydrogen) atoms. The number of thioether (sulfide) groups is 1. The third-order valence-corrected chi connectivity index (χ3v) is 3.97. The van der Waals surface area contributed by atoms with Gasteiger partial charge in [0.15, 0.2) is 0 Å². The molecule has 3 nitrogen and oxygen atoms in total. The highest BCUT2D eigenvalue weighted by Gasteiger charge is 2.09. The summed E-state index contributed by atoms with van der Waals surface area (Å²) in [5, 5.41) is 3.98. The van der Waals surface area contributed by atoms with Crippen LogP contribution in [0.15, 0.2) is 28.8 Å². The minimum atomic E-state index is 0.700. The lowest BCUT2D eigenvalue weighted by molar-refractivity contribution is 0.337. The zero-order chi connectivity index (χ0) is 13.7. The molecule has 0 aliphatic rings. The molecule has 0 N–H and O–H groups in total. The first-order chi connectivity index (χ1) is 9.22. The van der Waals surface area contributed by atoms with E-state index in [9.17, 15) is 0 Å². The summed E-state index contributed by atoms with van der Waals surface area (Å²) in [6, 6.07) is 8.20. The third-order valence-electron chi connectivity index (χ3n) is 2.96. The Morgan fingerprint density at radius 2 is 2.00 bits per heavy atom. The van der Waals surface area contributed by atoms with Gasteiger partial charge in [-0.2, -0.15) is 11.8 Å².